The van der Waals surface area contributed by atoms with Crippen LogP contribution >= 0.6 is 0 Å². The molecule has 7 heteroatoms. The van der Waals surface area contributed by atoms with Gasteiger partial charge in [-0.3, -0.25) is 10.1 Å². The Hall–Kier alpha value is -2.70. The predicted molar refractivity (Wildman–Crippen MR) is 96.2 cm³/mol. The van der Waals surface area contributed by atoms with Gasteiger partial charge in [0.2, 0.25) is 5.88 Å². The summed E-state index contributed by atoms with van der Waals surface area (Å²) < 4.78 is 10.6. The van der Waals surface area contributed by atoms with Gasteiger partial charge < -0.3 is 9.05 Å². The lowest BCUT2D eigenvalue weighted by Gasteiger charge is -2.19. The molecule has 26 heavy (non-hydrogen) atoms. The van der Waals surface area contributed by atoms with E-state index in [0.717, 1.165) is 35.2 Å². The molecule has 0 radical (unpaired) electrons. The van der Waals surface area contributed by atoms with Crippen molar-refractivity contribution < 1.29 is 13.8 Å². The minimum atomic E-state index is -0.280. The number of rotatable bonds is 4. The molecule has 1 N–H and O–H groups in total. The van der Waals surface area contributed by atoms with E-state index in [1.54, 1.807) is 6.07 Å². The number of nitrogens with zero attached hydrogens (tertiary/aromatic N) is 3. The summed E-state index contributed by atoms with van der Waals surface area (Å²) in [4.78, 5) is 16.8. The second-order valence-electron chi connectivity index (χ2n) is 6.87. The minimum Gasteiger partial charge on any atom is -0.338 e. The molecule has 1 aliphatic rings. The third-order valence-electron chi connectivity index (χ3n) is 5.18. The molecule has 0 atom stereocenters. The molecule has 1 amide bonds. The highest BCUT2D eigenvalue weighted by Gasteiger charge is 2.24. The van der Waals surface area contributed by atoms with Gasteiger partial charge in [0.1, 0.15) is 0 Å². The number of pyridine rings is 1. The van der Waals surface area contributed by atoms with Crippen LogP contribution in [0.15, 0.2) is 21.3 Å². The van der Waals surface area contributed by atoms with Crippen LogP contribution in [0, 0.1) is 6.92 Å². The zero-order valence-electron chi connectivity index (χ0n) is 15.0. The van der Waals surface area contributed by atoms with Crippen molar-refractivity contribution in [1.29, 1.82) is 0 Å². The molecule has 3 aromatic rings. The Labute approximate surface area is 151 Å². The average molecular weight is 354 g/mol. The molecule has 136 valence electrons. The summed E-state index contributed by atoms with van der Waals surface area (Å²) in [7, 11) is 0. The Balaban J connectivity index is 1.55. The maximum atomic E-state index is 12.6. The Bertz CT molecular complexity index is 938. The van der Waals surface area contributed by atoms with Crippen molar-refractivity contribution in [2.45, 2.75) is 58.3 Å². The van der Waals surface area contributed by atoms with Crippen molar-refractivity contribution in [3.63, 3.8) is 0 Å². The Kier molecular flexibility index (Phi) is 4.44. The summed E-state index contributed by atoms with van der Waals surface area (Å²) in [6.07, 6.45) is 8.20. The number of nitrogens with one attached hydrogen (secondary N) is 1. The predicted octanol–water partition coefficient (Wildman–Crippen LogP) is 4.38. The van der Waals surface area contributed by atoms with Gasteiger partial charge in [0.05, 0.1) is 22.3 Å². The Morgan fingerprint density at radius 1 is 1.23 bits per heavy atom. The van der Waals surface area contributed by atoms with Gasteiger partial charge in [-0.2, -0.15) is 0 Å². The van der Waals surface area contributed by atoms with E-state index in [2.05, 4.69) is 20.6 Å². The molecule has 0 aromatic carbocycles. The van der Waals surface area contributed by atoms with Gasteiger partial charge in [-0.25, -0.2) is 4.98 Å². The first-order valence-electron chi connectivity index (χ1n) is 9.19. The molecule has 1 saturated carbocycles. The fourth-order valence-corrected chi connectivity index (χ4v) is 3.66. The lowest BCUT2D eigenvalue weighted by atomic mass is 9.86. The van der Waals surface area contributed by atoms with E-state index in [1.165, 1.54) is 25.5 Å². The fourth-order valence-electron chi connectivity index (χ4n) is 3.66. The highest BCUT2D eigenvalue weighted by atomic mass is 16.5. The van der Waals surface area contributed by atoms with Gasteiger partial charge in [0.25, 0.3) is 11.6 Å². The summed E-state index contributed by atoms with van der Waals surface area (Å²) in [5, 5.41) is 11.8. The lowest BCUT2D eigenvalue weighted by Crippen LogP contribution is -2.13. The van der Waals surface area contributed by atoms with Crippen LogP contribution in [0.3, 0.4) is 0 Å². The Morgan fingerprint density at radius 3 is 2.81 bits per heavy atom. The number of carbonyl (C=O) groups excluding carboxylic acids is 1. The van der Waals surface area contributed by atoms with Crippen LogP contribution in [0.4, 0.5) is 5.88 Å². The van der Waals surface area contributed by atoms with Crippen molar-refractivity contribution >= 4 is 22.9 Å². The van der Waals surface area contributed by atoms with Crippen LogP contribution in [0.25, 0.3) is 11.1 Å². The summed E-state index contributed by atoms with van der Waals surface area (Å²) >= 11 is 0. The van der Waals surface area contributed by atoms with Crippen LogP contribution in [0.5, 0.6) is 0 Å². The molecule has 0 unspecified atom stereocenters. The quantitative estimate of drug-likeness (QED) is 0.747. The van der Waals surface area contributed by atoms with Gasteiger partial charge in [0.15, 0.2) is 0 Å². The van der Waals surface area contributed by atoms with E-state index in [4.69, 9.17) is 9.05 Å². The molecule has 0 saturated heterocycles. The van der Waals surface area contributed by atoms with E-state index < -0.39 is 0 Å². The first-order chi connectivity index (χ1) is 12.7. The monoisotopic (exact) mass is 354 g/mol. The van der Waals surface area contributed by atoms with E-state index in [1.807, 2.05) is 13.8 Å². The zero-order chi connectivity index (χ0) is 18.1. The largest absolute Gasteiger partial charge is 0.338 e. The molecule has 7 nitrogen and oxygen atoms in total. The van der Waals surface area contributed by atoms with Crippen molar-refractivity contribution in [2.24, 2.45) is 0 Å². The van der Waals surface area contributed by atoms with E-state index >= 15 is 0 Å². The molecule has 4 rings (SSSR count). The van der Waals surface area contributed by atoms with Crippen LogP contribution in [-0.2, 0) is 6.42 Å². The fraction of sp³-hybridized carbons (Fsp3) is 0.474. The summed E-state index contributed by atoms with van der Waals surface area (Å²) in [5.74, 6) is 0.564. The molecule has 0 aliphatic heterocycles. The number of hydrogen-bond donors (Lipinski definition) is 1. The summed E-state index contributed by atoms with van der Waals surface area (Å²) in [6.45, 7) is 3.93. The van der Waals surface area contributed by atoms with Crippen molar-refractivity contribution in [3.8, 4) is 0 Å². The lowest BCUT2D eigenvalue weighted by molar-refractivity contribution is 0.102. The molecule has 1 aliphatic carbocycles. The van der Waals surface area contributed by atoms with Crippen molar-refractivity contribution in [1.82, 2.24) is 15.3 Å². The van der Waals surface area contributed by atoms with Gasteiger partial charge in [-0.05, 0) is 32.3 Å². The van der Waals surface area contributed by atoms with Crippen LogP contribution < -0.4 is 5.32 Å². The molecule has 0 spiro atoms. The first kappa shape index (κ1) is 16.8. The summed E-state index contributed by atoms with van der Waals surface area (Å²) in [5.41, 5.74) is 3.55. The van der Waals surface area contributed by atoms with Crippen LogP contribution in [-0.4, -0.2) is 21.2 Å². The van der Waals surface area contributed by atoms with Crippen LogP contribution in [0.2, 0.25) is 0 Å². The van der Waals surface area contributed by atoms with E-state index in [-0.39, 0.29) is 5.91 Å². The molecular formula is C19H22N4O3. The molecule has 1 fully saturated rings. The third kappa shape index (κ3) is 2.98. The highest BCUT2D eigenvalue weighted by molar-refractivity contribution is 6.05. The van der Waals surface area contributed by atoms with Gasteiger partial charge >= 0.3 is 0 Å². The topological polar surface area (TPSA) is 94.0 Å². The molecule has 0 bridgehead atoms. The smallest absolute Gasteiger partial charge is 0.259 e. The molecular weight excluding hydrogens is 332 g/mol. The zero-order valence-corrected chi connectivity index (χ0v) is 15.0. The SMILES string of the molecule is CCc1noc2ncc(C(=O)Nc3onc(C4CCCCC4)c3C)cc12. The third-order valence-corrected chi connectivity index (χ3v) is 5.18. The Morgan fingerprint density at radius 2 is 2.04 bits per heavy atom. The van der Waals surface area contributed by atoms with Crippen molar-refractivity contribution in [2.75, 3.05) is 5.32 Å². The number of fused-ring (bicyclic) bond motifs is 1. The maximum absolute atomic E-state index is 12.6. The second-order valence-corrected chi connectivity index (χ2v) is 6.87. The van der Waals surface area contributed by atoms with Crippen molar-refractivity contribution in [3.05, 3.63) is 34.8 Å². The second kappa shape index (κ2) is 6.90. The number of hydrogen-bond acceptors (Lipinski definition) is 6. The van der Waals surface area contributed by atoms with Gasteiger partial charge in [-0.1, -0.05) is 36.5 Å². The maximum Gasteiger partial charge on any atom is 0.259 e. The van der Waals surface area contributed by atoms with Gasteiger partial charge in [0, 0.05) is 17.7 Å². The van der Waals surface area contributed by atoms with E-state index in [0.29, 0.717) is 29.5 Å². The van der Waals surface area contributed by atoms with Gasteiger partial charge in [-0.15, -0.1) is 0 Å². The average Bonchev–Trinajstić information content (AvgIpc) is 3.25. The van der Waals surface area contributed by atoms with Crippen LogP contribution in [0.1, 0.15) is 72.3 Å². The number of amides is 1. The number of anilines is 1. The minimum absolute atomic E-state index is 0.280. The molecule has 3 heterocycles. The van der Waals surface area contributed by atoms with E-state index in [9.17, 15) is 4.79 Å². The number of aryl methyl sites for hydroxylation is 1. The summed E-state index contributed by atoms with van der Waals surface area (Å²) in [6, 6.07) is 1.75. The highest BCUT2D eigenvalue weighted by Crippen LogP contribution is 2.35. The normalized spacial score (nSPS) is 15.5. The number of carbonyl (C=O) groups is 1. The molecule has 3 aromatic heterocycles. The standard InChI is InChI=1S/C19H22N4O3/c1-3-15-14-9-13(10-20-19(14)26-22-15)17(24)21-18-11(2)16(23-25-18)12-7-5-4-6-8-12/h9-10,12H,3-8H2,1-2H3,(H,21,24). The number of aromatic nitrogens is 3. The first-order valence-corrected chi connectivity index (χ1v) is 9.19.